The highest BCUT2D eigenvalue weighted by Gasteiger charge is 2.58. The number of rotatable bonds is 7. The van der Waals surface area contributed by atoms with Crippen LogP contribution in [0.4, 0.5) is 5.13 Å². The number of aromatic nitrogens is 1. The molecule has 10 atom stereocenters. The van der Waals surface area contributed by atoms with Gasteiger partial charge in [-0.15, -0.1) is 11.3 Å². The number of anilines is 1. The first-order valence-corrected chi connectivity index (χ1v) is 15.8. The lowest BCUT2D eigenvalue weighted by molar-refractivity contribution is -0.271. The van der Waals surface area contributed by atoms with Gasteiger partial charge in [0.05, 0.1) is 0 Å². The van der Waals surface area contributed by atoms with Gasteiger partial charge in [0.2, 0.25) is 12.2 Å². The zero-order valence-electron chi connectivity index (χ0n) is 24.1. The van der Waals surface area contributed by atoms with Gasteiger partial charge in [-0.2, -0.15) is 0 Å². The predicted octanol–water partition coefficient (Wildman–Crippen LogP) is 2.79. The summed E-state index contributed by atoms with van der Waals surface area (Å²) < 4.78 is 11.1. The van der Waals surface area contributed by atoms with Gasteiger partial charge in [-0.05, 0) is 86.0 Å². The van der Waals surface area contributed by atoms with Crippen LogP contribution < -0.4 is 10.1 Å². The first-order chi connectivity index (χ1) is 20.5. The number of hydrogen-bond acceptors (Lipinski definition) is 10. The van der Waals surface area contributed by atoms with E-state index in [-0.39, 0.29) is 29.1 Å². The third kappa shape index (κ3) is 5.48. The molecule has 0 bridgehead atoms. The van der Waals surface area contributed by atoms with Crippen molar-refractivity contribution >= 4 is 34.1 Å². The minimum atomic E-state index is -1.78. The van der Waals surface area contributed by atoms with Gasteiger partial charge in [0.25, 0.3) is 0 Å². The maximum atomic E-state index is 13.3. The van der Waals surface area contributed by atoms with E-state index in [1.54, 1.807) is 12.3 Å². The van der Waals surface area contributed by atoms with Gasteiger partial charge < -0.3 is 35.2 Å². The second kappa shape index (κ2) is 11.6. The van der Waals surface area contributed by atoms with Crippen LogP contribution in [0.3, 0.4) is 0 Å². The highest BCUT2D eigenvalue weighted by molar-refractivity contribution is 7.15. The Bertz CT molecular complexity index is 1410. The molecular weight excluding hydrogens is 576 g/mol. The van der Waals surface area contributed by atoms with Gasteiger partial charge in [-0.3, -0.25) is 9.59 Å². The summed E-state index contributed by atoms with van der Waals surface area (Å²) in [6.45, 7) is 4.06. The number of carbonyl (C=O) groups excluding carboxylic acids is 2. The number of carboxylic acid groups (broad SMARTS) is 1. The number of ketones is 1. The number of amides is 1. The van der Waals surface area contributed by atoms with Crippen molar-refractivity contribution in [2.45, 2.75) is 95.4 Å². The molecule has 5 N–H and O–H groups in total. The molecule has 3 unspecified atom stereocenters. The molecule has 12 heteroatoms. The summed E-state index contributed by atoms with van der Waals surface area (Å²) in [4.78, 5) is 42.8. The number of ether oxygens (including phenoxy) is 2. The summed E-state index contributed by atoms with van der Waals surface area (Å²) >= 11 is 1.44. The Labute approximate surface area is 253 Å². The molecule has 1 amide bonds. The summed E-state index contributed by atoms with van der Waals surface area (Å²) in [5.41, 5.74) is 1.90. The highest BCUT2D eigenvalue weighted by Crippen LogP contribution is 2.62. The van der Waals surface area contributed by atoms with E-state index in [9.17, 15) is 34.8 Å². The number of Topliss-reactive ketones (excluding diaryl/α,β-unsaturated/α-hetero) is 1. The zero-order valence-corrected chi connectivity index (χ0v) is 25.0. The quantitative estimate of drug-likeness (QED) is 0.312. The molecule has 6 rings (SSSR count). The van der Waals surface area contributed by atoms with Crippen molar-refractivity contribution in [2.24, 2.45) is 23.2 Å². The Kier molecular flexibility index (Phi) is 8.10. The number of thiazole rings is 1. The molecule has 43 heavy (non-hydrogen) atoms. The van der Waals surface area contributed by atoms with Crippen molar-refractivity contribution in [2.75, 3.05) is 5.32 Å². The van der Waals surface area contributed by atoms with E-state index >= 15 is 0 Å². The number of aliphatic hydroxyl groups excluding tert-OH is 3. The lowest BCUT2D eigenvalue weighted by atomic mass is 9.54. The summed E-state index contributed by atoms with van der Waals surface area (Å²) in [6, 6.07) is 5.61. The van der Waals surface area contributed by atoms with E-state index in [4.69, 9.17) is 9.47 Å². The largest absolute Gasteiger partial charge is 0.479 e. The molecule has 1 aliphatic heterocycles. The SMILES string of the molecule is Cc1cnc(NC(=O)CC[C@@H]2CC(=O)[C@@]3(C)CCC4c5ccc(O[C@@H]6O[C@H](C(=O)O)[C@@H](O)[C@H](O)[C@H]6O)cc5CCC4C23)s1. The van der Waals surface area contributed by atoms with E-state index < -0.39 is 36.7 Å². The highest BCUT2D eigenvalue weighted by atomic mass is 32.1. The Hall–Kier alpha value is -2.90. The number of nitrogens with one attached hydrogen (secondary N) is 1. The third-order valence-electron chi connectivity index (χ3n) is 10.2. The number of nitrogens with zero attached hydrogens (tertiary/aromatic N) is 1. The molecule has 0 spiro atoms. The predicted molar refractivity (Wildman–Crippen MR) is 155 cm³/mol. The standard InChI is InChI=1S/C31H38N2O9S/c1-14-13-32-30(43-14)33-22(35)8-4-16-12-21(34)31(2)10-9-19-18-7-5-17(11-15(18)3-6-20(19)23(16)31)41-29-26(38)24(36)25(37)27(42-29)28(39)40/h5,7,11,13,16,19-20,23-27,29,36-38H,3-4,6,8-10,12H2,1-2H3,(H,39,40)(H,32,33,35)/t16-,19?,20?,23?,24+,25+,26-,27+,29-,31-/m1/s1. The van der Waals surface area contributed by atoms with Crippen LogP contribution in [0.2, 0.25) is 0 Å². The van der Waals surface area contributed by atoms with Crippen LogP contribution in [-0.4, -0.2) is 73.8 Å². The third-order valence-corrected chi connectivity index (χ3v) is 11.0. The molecule has 1 aromatic heterocycles. The zero-order chi connectivity index (χ0) is 30.6. The van der Waals surface area contributed by atoms with Gasteiger partial charge in [-0.1, -0.05) is 13.0 Å². The summed E-state index contributed by atoms with van der Waals surface area (Å²) in [5.74, 6) is 0.0580. The fourth-order valence-corrected chi connectivity index (χ4v) is 8.83. The van der Waals surface area contributed by atoms with Crippen molar-refractivity contribution < 1.29 is 44.3 Å². The molecule has 2 saturated carbocycles. The number of carbonyl (C=O) groups is 3. The number of carboxylic acids is 1. The van der Waals surface area contributed by atoms with E-state index in [1.807, 2.05) is 19.1 Å². The molecule has 3 fully saturated rings. The van der Waals surface area contributed by atoms with Crippen molar-refractivity contribution in [1.29, 1.82) is 0 Å². The van der Waals surface area contributed by atoms with E-state index in [0.29, 0.717) is 41.8 Å². The molecule has 1 aromatic carbocycles. The summed E-state index contributed by atoms with van der Waals surface area (Å²) in [7, 11) is 0. The number of aliphatic carboxylic acids is 1. The van der Waals surface area contributed by atoms with Crippen molar-refractivity contribution in [1.82, 2.24) is 4.98 Å². The normalized spacial score (nSPS) is 36.8. The molecular formula is C31H38N2O9S. The number of hydrogen-bond donors (Lipinski definition) is 5. The van der Waals surface area contributed by atoms with E-state index in [0.717, 1.165) is 36.1 Å². The van der Waals surface area contributed by atoms with Gasteiger partial charge in [-0.25, -0.2) is 9.78 Å². The minimum Gasteiger partial charge on any atom is -0.479 e. The molecule has 11 nitrogen and oxygen atoms in total. The minimum absolute atomic E-state index is 0.0759. The monoisotopic (exact) mass is 614 g/mol. The molecule has 3 aliphatic carbocycles. The molecule has 2 heterocycles. The van der Waals surface area contributed by atoms with Crippen LogP contribution in [0, 0.1) is 30.1 Å². The Morgan fingerprint density at radius 2 is 1.98 bits per heavy atom. The average Bonchev–Trinajstić information content (AvgIpc) is 3.50. The van der Waals surface area contributed by atoms with Gasteiger partial charge in [0.15, 0.2) is 11.2 Å². The summed E-state index contributed by atoms with van der Waals surface area (Å²) in [5, 5.41) is 43.3. The Morgan fingerprint density at radius 3 is 2.70 bits per heavy atom. The van der Waals surface area contributed by atoms with E-state index in [1.165, 1.54) is 16.9 Å². The maximum absolute atomic E-state index is 13.3. The number of aliphatic hydroxyl groups is 3. The fraction of sp³-hybridized carbons (Fsp3) is 0.613. The molecule has 1 saturated heterocycles. The van der Waals surface area contributed by atoms with Gasteiger partial charge in [0.1, 0.15) is 29.8 Å². The second-order valence-electron chi connectivity index (χ2n) is 12.8. The molecule has 4 aliphatic rings. The lowest BCUT2D eigenvalue weighted by Gasteiger charge is -2.50. The van der Waals surface area contributed by atoms with Crippen LogP contribution in [0.25, 0.3) is 0 Å². The van der Waals surface area contributed by atoms with Gasteiger partial charge in [0, 0.05) is 29.3 Å². The average molecular weight is 615 g/mol. The first kappa shape index (κ1) is 30.1. The van der Waals surface area contributed by atoms with Crippen LogP contribution in [0.1, 0.15) is 67.4 Å². The Morgan fingerprint density at radius 1 is 1.19 bits per heavy atom. The molecule has 0 radical (unpaired) electrons. The second-order valence-corrected chi connectivity index (χ2v) is 14.0. The van der Waals surface area contributed by atoms with Crippen LogP contribution in [-0.2, 0) is 25.5 Å². The van der Waals surface area contributed by atoms with Crippen molar-refractivity contribution in [3.63, 3.8) is 0 Å². The molecule has 2 aromatic rings. The number of aryl methyl sites for hydroxylation is 2. The fourth-order valence-electron chi connectivity index (χ4n) is 8.15. The van der Waals surface area contributed by atoms with Crippen molar-refractivity contribution in [3.05, 3.63) is 40.4 Å². The Balaban J connectivity index is 1.16. The van der Waals surface area contributed by atoms with Crippen LogP contribution in [0.5, 0.6) is 5.75 Å². The van der Waals surface area contributed by atoms with Crippen LogP contribution in [0.15, 0.2) is 24.4 Å². The summed E-state index contributed by atoms with van der Waals surface area (Å²) in [6.07, 6.45) is -1.76. The van der Waals surface area contributed by atoms with Crippen molar-refractivity contribution in [3.8, 4) is 5.75 Å². The number of fused-ring (bicyclic) bond motifs is 5. The first-order valence-electron chi connectivity index (χ1n) is 14.9. The number of benzene rings is 1. The van der Waals surface area contributed by atoms with E-state index in [2.05, 4.69) is 17.2 Å². The smallest absolute Gasteiger partial charge is 0.335 e. The lowest BCUT2D eigenvalue weighted by Crippen LogP contribution is -2.61. The molecule has 232 valence electrons. The van der Waals surface area contributed by atoms with Gasteiger partial charge >= 0.3 is 5.97 Å². The topological polar surface area (TPSA) is 176 Å². The van der Waals surface area contributed by atoms with Crippen LogP contribution >= 0.6 is 11.3 Å². The maximum Gasteiger partial charge on any atom is 0.335 e.